The fraction of sp³-hybridized carbons (Fsp3) is 0.222. The third kappa shape index (κ3) is 4.37. The molecule has 7 heteroatoms. The fourth-order valence-electron chi connectivity index (χ4n) is 4.14. The molecule has 4 rings (SSSR count). The van der Waals surface area contributed by atoms with Gasteiger partial charge in [0, 0.05) is 24.7 Å². The average molecular weight is 458 g/mol. The van der Waals surface area contributed by atoms with Gasteiger partial charge in [-0.3, -0.25) is 14.4 Å². The van der Waals surface area contributed by atoms with Crippen molar-refractivity contribution in [1.82, 2.24) is 10.6 Å². The summed E-state index contributed by atoms with van der Waals surface area (Å²) in [5.41, 5.74) is 4.04. The first-order valence-corrected chi connectivity index (χ1v) is 11.1. The third-order valence-corrected chi connectivity index (χ3v) is 6.12. The lowest BCUT2D eigenvalue weighted by Gasteiger charge is -2.24. The molecule has 0 fully saturated rings. The zero-order valence-corrected chi connectivity index (χ0v) is 19.4. The molecular formula is C27H27N3O4. The Hall–Kier alpha value is -4.13. The zero-order chi connectivity index (χ0) is 24.2. The molecule has 1 heterocycles. The molecule has 174 valence electrons. The highest BCUT2D eigenvalue weighted by Crippen LogP contribution is 2.39. The van der Waals surface area contributed by atoms with Crippen LogP contribution in [0.15, 0.2) is 72.8 Å². The summed E-state index contributed by atoms with van der Waals surface area (Å²) in [6, 6.07) is 21.6. The number of nitrogens with zero attached hydrogens (tertiary/aromatic N) is 1. The van der Waals surface area contributed by atoms with Crippen LogP contribution in [-0.2, 0) is 20.9 Å². The SMILES string of the molecule is COc1ccccc1CNC(=O)C(C)C(=O)NC1C(=O)N(C)c2ccccc2-c2ccccc21. The number of carbonyl (C=O) groups excluding carboxylic acids is 3. The van der Waals surface area contributed by atoms with Gasteiger partial charge in [-0.15, -0.1) is 0 Å². The Labute approximate surface area is 198 Å². The van der Waals surface area contributed by atoms with Crippen LogP contribution in [0, 0.1) is 5.92 Å². The van der Waals surface area contributed by atoms with Crippen LogP contribution in [0.5, 0.6) is 5.75 Å². The van der Waals surface area contributed by atoms with Gasteiger partial charge in [0.15, 0.2) is 0 Å². The Bertz CT molecular complexity index is 1240. The highest BCUT2D eigenvalue weighted by atomic mass is 16.5. The maximum Gasteiger partial charge on any atom is 0.253 e. The van der Waals surface area contributed by atoms with Gasteiger partial charge in [-0.2, -0.15) is 0 Å². The van der Waals surface area contributed by atoms with Crippen molar-refractivity contribution in [2.45, 2.75) is 19.5 Å². The lowest BCUT2D eigenvalue weighted by atomic mass is 9.95. The van der Waals surface area contributed by atoms with Crippen molar-refractivity contribution in [1.29, 1.82) is 0 Å². The number of fused-ring (bicyclic) bond motifs is 3. The van der Waals surface area contributed by atoms with E-state index in [2.05, 4.69) is 10.6 Å². The molecule has 2 N–H and O–H groups in total. The largest absolute Gasteiger partial charge is 0.496 e. The van der Waals surface area contributed by atoms with Crippen LogP contribution < -0.4 is 20.3 Å². The van der Waals surface area contributed by atoms with E-state index in [1.54, 1.807) is 25.1 Å². The predicted octanol–water partition coefficient (Wildman–Crippen LogP) is 3.45. The second-order valence-corrected chi connectivity index (χ2v) is 8.19. The fourth-order valence-corrected chi connectivity index (χ4v) is 4.14. The Balaban J connectivity index is 1.53. The maximum atomic E-state index is 13.4. The number of para-hydroxylation sites is 2. The molecule has 0 aromatic heterocycles. The zero-order valence-electron chi connectivity index (χ0n) is 19.4. The molecule has 0 saturated carbocycles. The first kappa shape index (κ1) is 23.0. The number of ether oxygens (including phenoxy) is 1. The highest BCUT2D eigenvalue weighted by molar-refractivity contribution is 6.07. The Kier molecular flexibility index (Phi) is 6.63. The molecule has 7 nitrogen and oxygen atoms in total. The first-order chi connectivity index (χ1) is 16.4. The molecule has 0 saturated heterocycles. The molecule has 1 aliphatic rings. The summed E-state index contributed by atoms with van der Waals surface area (Å²) in [4.78, 5) is 40.7. The van der Waals surface area contributed by atoms with Crippen molar-refractivity contribution >= 4 is 23.4 Å². The van der Waals surface area contributed by atoms with Gasteiger partial charge in [-0.1, -0.05) is 60.7 Å². The Morgan fingerprint density at radius 1 is 0.941 bits per heavy atom. The van der Waals surface area contributed by atoms with Crippen molar-refractivity contribution in [2.24, 2.45) is 5.92 Å². The van der Waals surface area contributed by atoms with Crippen molar-refractivity contribution in [3.8, 4) is 16.9 Å². The number of hydrogen-bond donors (Lipinski definition) is 2. The van der Waals surface area contributed by atoms with Crippen molar-refractivity contribution in [2.75, 3.05) is 19.1 Å². The smallest absolute Gasteiger partial charge is 0.253 e. The summed E-state index contributed by atoms with van der Waals surface area (Å²) < 4.78 is 5.31. The van der Waals surface area contributed by atoms with E-state index in [-0.39, 0.29) is 12.5 Å². The summed E-state index contributed by atoms with van der Waals surface area (Å²) in [5, 5.41) is 5.60. The Morgan fingerprint density at radius 3 is 2.35 bits per heavy atom. The summed E-state index contributed by atoms with van der Waals surface area (Å²) in [7, 11) is 3.25. The number of nitrogens with one attached hydrogen (secondary N) is 2. The molecule has 1 aliphatic heterocycles. The number of benzene rings is 3. The quantitative estimate of drug-likeness (QED) is 0.555. The summed E-state index contributed by atoms with van der Waals surface area (Å²) in [5.74, 6) is -1.57. The molecule has 2 unspecified atom stereocenters. The molecule has 0 bridgehead atoms. The number of anilines is 1. The number of rotatable bonds is 6. The monoisotopic (exact) mass is 457 g/mol. The standard InChI is InChI=1S/C27H27N3O4/c1-17(25(31)28-16-18-10-4-9-15-23(18)34-3)26(32)29-24-21-13-6-5-11-19(21)20-12-7-8-14-22(20)30(2)27(24)33/h4-15,17,24H,16H2,1-3H3,(H,28,31)(H,29,32). The van der Waals surface area contributed by atoms with E-state index < -0.39 is 23.8 Å². The van der Waals surface area contributed by atoms with Gasteiger partial charge in [-0.25, -0.2) is 0 Å². The molecule has 0 aliphatic carbocycles. The average Bonchev–Trinajstić information content (AvgIpc) is 2.96. The van der Waals surface area contributed by atoms with Crippen LogP contribution >= 0.6 is 0 Å². The molecule has 0 spiro atoms. The van der Waals surface area contributed by atoms with Crippen LogP contribution in [0.1, 0.15) is 24.1 Å². The second kappa shape index (κ2) is 9.79. The van der Waals surface area contributed by atoms with E-state index in [9.17, 15) is 14.4 Å². The molecular weight excluding hydrogens is 430 g/mol. The van der Waals surface area contributed by atoms with Gasteiger partial charge in [0.25, 0.3) is 5.91 Å². The number of amides is 3. The van der Waals surface area contributed by atoms with E-state index >= 15 is 0 Å². The van der Waals surface area contributed by atoms with Crippen LogP contribution in [0.2, 0.25) is 0 Å². The topological polar surface area (TPSA) is 87.7 Å². The van der Waals surface area contributed by atoms with Crippen molar-refractivity contribution < 1.29 is 19.1 Å². The number of methoxy groups -OCH3 is 1. The normalized spacial score (nSPS) is 15.4. The van der Waals surface area contributed by atoms with Gasteiger partial charge in [0.05, 0.1) is 12.8 Å². The molecule has 34 heavy (non-hydrogen) atoms. The van der Waals surface area contributed by atoms with Crippen molar-refractivity contribution in [3.05, 3.63) is 83.9 Å². The predicted molar refractivity (Wildman–Crippen MR) is 130 cm³/mol. The maximum absolute atomic E-state index is 13.4. The van der Waals surface area contributed by atoms with Gasteiger partial charge in [-0.05, 0) is 30.2 Å². The summed E-state index contributed by atoms with van der Waals surface area (Å²) in [6.45, 7) is 1.75. The van der Waals surface area contributed by atoms with Crippen molar-refractivity contribution in [3.63, 3.8) is 0 Å². The molecule has 0 radical (unpaired) electrons. The minimum absolute atomic E-state index is 0.226. The first-order valence-electron chi connectivity index (χ1n) is 11.1. The summed E-state index contributed by atoms with van der Waals surface area (Å²) in [6.07, 6.45) is 0. The summed E-state index contributed by atoms with van der Waals surface area (Å²) >= 11 is 0. The van der Waals surface area contributed by atoms with E-state index in [1.165, 1.54) is 6.92 Å². The van der Waals surface area contributed by atoms with Gasteiger partial charge in [0.1, 0.15) is 17.7 Å². The van der Waals surface area contributed by atoms with E-state index in [0.717, 1.165) is 22.4 Å². The number of likely N-dealkylation sites (N-methyl/N-ethyl adjacent to an activating group) is 1. The van der Waals surface area contributed by atoms with E-state index in [0.29, 0.717) is 11.3 Å². The third-order valence-electron chi connectivity index (χ3n) is 6.12. The van der Waals surface area contributed by atoms with Crippen LogP contribution in [0.4, 0.5) is 5.69 Å². The van der Waals surface area contributed by atoms with Crippen LogP contribution in [-0.4, -0.2) is 31.9 Å². The lowest BCUT2D eigenvalue weighted by molar-refractivity contribution is -0.136. The highest BCUT2D eigenvalue weighted by Gasteiger charge is 2.35. The van der Waals surface area contributed by atoms with E-state index in [1.807, 2.05) is 66.7 Å². The molecule has 2 atom stereocenters. The van der Waals surface area contributed by atoms with Crippen LogP contribution in [0.25, 0.3) is 11.1 Å². The molecule has 3 aromatic rings. The molecule has 3 amide bonds. The Morgan fingerprint density at radius 2 is 1.59 bits per heavy atom. The number of carbonyl (C=O) groups is 3. The lowest BCUT2D eigenvalue weighted by Crippen LogP contribution is -2.45. The minimum Gasteiger partial charge on any atom is -0.496 e. The number of hydrogen-bond acceptors (Lipinski definition) is 4. The van der Waals surface area contributed by atoms with E-state index in [4.69, 9.17) is 4.74 Å². The van der Waals surface area contributed by atoms with Gasteiger partial charge < -0.3 is 20.3 Å². The minimum atomic E-state index is -0.995. The second-order valence-electron chi connectivity index (χ2n) is 8.19. The molecule has 3 aromatic carbocycles. The van der Waals surface area contributed by atoms with Crippen LogP contribution in [0.3, 0.4) is 0 Å². The van der Waals surface area contributed by atoms with Gasteiger partial charge in [0.2, 0.25) is 11.8 Å². The van der Waals surface area contributed by atoms with Gasteiger partial charge >= 0.3 is 0 Å².